The van der Waals surface area contributed by atoms with Crippen LogP contribution in [0, 0.1) is 5.92 Å². The van der Waals surface area contributed by atoms with E-state index in [9.17, 15) is 9.59 Å². The molecule has 4 nitrogen and oxygen atoms in total. The molecule has 0 saturated carbocycles. The summed E-state index contributed by atoms with van der Waals surface area (Å²) in [5.74, 6) is -0.987. The molecule has 114 valence electrons. The van der Waals surface area contributed by atoms with E-state index < -0.39 is 12.0 Å². The van der Waals surface area contributed by atoms with Crippen molar-refractivity contribution in [1.82, 2.24) is 4.90 Å². The fourth-order valence-corrected chi connectivity index (χ4v) is 2.95. The molecule has 2 rings (SSSR count). The molecule has 0 aromatic heterocycles. The summed E-state index contributed by atoms with van der Waals surface area (Å²) in [6.45, 7) is 2.49. The van der Waals surface area contributed by atoms with E-state index in [2.05, 4.69) is 12.1 Å². The van der Waals surface area contributed by atoms with Gasteiger partial charge in [-0.25, -0.2) is 4.79 Å². The molecule has 1 aliphatic rings. The molecule has 1 aromatic rings. The summed E-state index contributed by atoms with van der Waals surface area (Å²) in [4.78, 5) is 25.1. The van der Waals surface area contributed by atoms with E-state index in [4.69, 9.17) is 5.11 Å². The van der Waals surface area contributed by atoms with Gasteiger partial charge in [-0.15, -0.1) is 0 Å². The molecular formula is C17H23NO3. The predicted molar refractivity (Wildman–Crippen MR) is 80.9 cm³/mol. The molecule has 21 heavy (non-hydrogen) atoms. The van der Waals surface area contributed by atoms with Gasteiger partial charge in [0.25, 0.3) is 0 Å². The van der Waals surface area contributed by atoms with Gasteiger partial charge in [-0.05, 0) is 37.7 Å². The van der Waals surface area contributed by atoms with Crippen LogP contribution in [0.4, 0.5) is 0 Å². The van der Waals surface area contributed by atoms with Crippen molar-refractivity contribution in [3.8, 4) is 0 Å². The van der Waals surface area contributed by atoms with Crippen molar-refractivity contribution in [2.24, 2.45) is 5.92 Å². The summed E-state index contributed by atoms with van der Waals surface area (Å²) in [6.07, 6.45) is 4.08. The number of aliphatic carboxylic acids is 1. The van der Waals surface area contributed by atoms with E-state index in [0.717, 1.165) is 25.7 Å². The Kier molecular flexibility index (Phi) is 5.37. The van der Waals surface area contributed by atoms with Crippen molar-refractivity contribution in [2.45, 2.75) is 45.1 Å². The molecule has 1 heterocycles. The Hall–Kier alpha value is -1.84. The van der Waals surface area contributed by atoms with Crippen molar-refractivity contribution in [2.75, 3.05) is 6.54 Å². The van der Waals surface area contributed by atoms with Crippen LogP contribution >= 0.6 is 0 Å². The Morgan fingerprint density at radius 3 is 2.71 bits per heavy atom. The average Bonchev–Trinajstić information content (AvgIpc) is 2.97. The number of hydrogen-bond acceptors (Lipinski definition) is 2. The van der Waals surface area contributed by atoms with Gasteiger partial charge in [-0.3, -0.25) is 4.79 Å². The molecule has 2 unspecified atom stereocenters. The van der Waals surface area contributed by atoms with Gasteiger partial charge in [-0.1, -0.05) is 37.3 Å². The van der Waals surface area contributed by atoms with Crippen LogP contribution in [0.2, 0.25) is 0 Å². The summed E-state index contributed by atoms with van der Waals surface area (Å²) in [7, 11) is 0. The number of aryl methyl sites for hydroxylation is 1. The SMILES string of the molecule is CC(CCCc1ccccc1)C(=O)N1CCCC1C(=O)O. The molecule has 4 heteroatoms. The van der Waals surface area contributed by atoms with Crippen molar-refractivity contribution in [3.05, 3.63) is 35.9 Å². The zero-order chi connectivity index (χ0) is 15.2. The molecule has 0 bridgehead atoms. The van der Waals surface area contributed by atoms with Gasteiger partial charge >= 0.3 is 5.97 Å². The highest BCUT2D eigenvalue weighted by Gasteiger charge is 2.35. The molecular weight excluding hydrogens is 266 g/mol. The standard InChI is InChI=1S/C17H23NO3/c1-13(7-5-10-14-8-3-2-4-9-14)16(19)18-12-6-11-15(18)17(20)21/h2-4,8-9,13,15H,5-7,10-12H2,1H3,(H,20,21). The lowest BCUT2D eigenvalue weighted by atomic mass is 9.99. The third-order valence-corrected chi connectivity index (χ3v) is 4.19. The third-order valence-electron chi connectivity index (χ3n) is 4.19. The number of carbonyl (C=O) groups is 2. The van der Waals surface area contributed by atoms with Gasteiger partial charge in [0, 0.05) is 12.5 Å². The lowest BCUT2D eigenvalue weighted by Gasteiger charge is -2.24. The van der Waals surface area contributed by atoms with Crippen LogP contribution in [0.3, 0.4) is 0 Å². The zero-order valence-electron chi connectivity index (χ0n) is 12.5. The Morgan fingerprint density at radius 1 is 1.33 bits per heavy atom. The number of rotatable bonds is 6. The summed E-state index contributed by atoms with van der Waals surface area (Å²) in [5.41, 5.74) is 1.28. The van der Waals surface area contributed by atoms with Gasteiger partial charge in [-0.2, -0.15) is 0 Å². The molecule has 0 aliphatic carbocycles. The first kappa shape index (κ1) is 15.5. The lowest BCUT2D eigenvalue weighted by Crippen LogP contribution is -2.42. The summed E-state index contributed by atoms with van der Waals surface area (Å²) >= 11 is 0. The highest BCUT2D eigenvalue weighted by molar-refractivity contribution is 5.85. The minimum atomic E-state index is -0.877. The van der Waals surface area contributed by atoms with Crippen LogP contribution in [-0.2, 0) is 16.0 Å². The van der Waals surface area contributed by atoms with E-state index in [0.29, 0.717) is 13.0 Å². The van der Waals surface area contributed by atoms with Crippen LogP contribution in [-0.4, -0.2) is 34.5 Å². The van der Waals surface area contributed by atoms with E-state index >= 15 is 0 Å². The van der Waals surface area contributed by atoms with Crippen LogP contribution in [0.1, 0.15) is 38.2 Å². The molecule has 1 fully saturated rings. The molecule has 1 aromatic carbocycles. The van der Waals surface area contributed by atoms with Crippen LogP contribution in [0.15, 0.2) is 30.3 Å². The zero-order valence-corrected chi connectivity index (χ0v) is 12.5. The van der Waals surface area contributed by atoms with Gasteiger partial charge in [0.2, 0.25) is 5.91 Å². The Labute approximate surface area is 125 Å². The number of nitrogens with zero attached hydrogens (tertiary/aromatic N) is 1. The first-order valence-corrected chi connectivity index (χ1v) is 7.67. The minimum absolute atomic E-state index is 0.00652. The van der Waals surface area contributed by atoms with Crippen molar-refractivity contribution in [3.63, 3.8) is 0 Å². The largest absolute Gasteiger partial charge is 0.480 e. The summed E-state index contributed by atoms with van der Waals surface area (Å²) in [6, 6.07) is 9.60. The number of likely N-dealkylation sites (tertiary alicyclic amines) is 1. The molecule has 1 aliphatic heterocycles. The predicted octanol–water partition coefficient (Wildman–Crippen LogP) is 2.72. The van der Waals surface area contributed by atoms with E-state index in [1.165, 1.54) is 5.56 Å². The van der Waals surface area contributed by atoms with Crippen molar-refractivity contribution < 1.29 is 14.7 Å². The number of carbonyl (C=O) groups excluding carboxylic acids is 1. The molecule has 0 radical (unpaired) electrons. The smallest absolute Gasteiger partial charge is 0.326 e. The second-order valence-corrected chi connectivity index (χ2v) is 5.81. The molecule has 0 spiro atoms. The summed E-state index contributed by atoms with van der Waals surface area (Å²) in [5, 5.41) is 9.15. The molecule has 1 amide bonds. The van der Waals surface area contributed by atoms with E-state index in [1.54, 1.807) is 4.90 Å². The van der Waals surface area contributed by atoms with Crippen LogP contribution in [0.25, 0.3) is 0 Å². The maximum absolute atomic E-state index is 12.4. The monoisotopic (exact) mass is 289 g/mol. The number of hydrogen-bond donors (Lipinski definition) is 1. The molecule has 2 atom stereocenters. The first-order valence-electron chi connectivity index (χ1n) is 7.67. The maximum Gasteiger partial charge on any atom is 0.326 e. The number of benzene rings is 1. The quantitative estimate of drug-likeness (QED) is 0.876. The number of carboxylic acid groups (broad SMARTS) is 1. The molecule has 1 saturated heterocycles. The second-order valence-electron chi connectivity index (χ2n) is 5.81. The van der Waals surface area contributed by atoms with E-state index in [1.807, 2.05) is 25.1 Å². The number of amides is 1. The Morgan fingerprint density at radius 2 is 2.05 bits per heavy atom. The van der Waals surface area contributed by atoms with Gasteiger partial charge < -0.3 is 10.0 Å². The van der Waals surface area contributed by atoms with Gasteiger partial charge in [0.1, 0.15) is 6.04 Å². The number of carboxylic acids is 1. The van der Waals surface area contributed by atoms with Crippen LogP contribution in [0.5, 0.6) is 0 Å². The average molecular weight is 289 g/mol. The fraction of sp³-hybridized carbons (Fsp3) is 0.529. The van der Waals surface area contributed by atoms with E-state index in [-0.39, 0.29) is 11.8 Å². The topological polar surface area (TPSA) is 57.6 Å². The Balaban J connectivity index is 1.81. The Bertz CT molecular complexity index is 486. The minimum Gasteiger partial charge on any atom is -0.480 e. The normalized spacial score (nSPS) is 19.5. The molecule has 1 N–H and O–H groups in total. The van der Waals surface area contributed by atoms with Gasteiger partial charge in [0.05, 0.1) is 0 Å². The van der Waals surface area contributed by atoms with Crippen LogP contribution < -0.4 is 0 Å². The van der Waals surface area contributed by atoms with Gasteiger partial charge in [0.15, 0.2) is 0 Å². The first-order chi connectivity index (χ1) is 10.1. The highest BCUT2D eigenvalue weighted by Crippen LogP contribution is 2.22. The second kappa shape index (κ2) is 7.25. The highest BCUT2D eigenvalue weighted by atomic mass is 16.4. The maximum atomic E-state index is 12.4. The fourth-order valence-electron chi connectivity index (χ4n) is 2.95. The van der Waals surface area contributed by atoms with Crippen molar-refractivity contribution >= 4 is 11.9 Å². The van der Waals surface area contributed by atoms with Crippen molar-refractivity contribution in [1.29, 1.82) is 0 Å². The lowest BCUT2D eigenvalue weighted by molar-refractivity contribution is -0.149. The third kappa shape index (κ3) is 4.06. The summed E-state index contributed by atoms with van der Waals surface area (Å²) < 4.78 is 0.